The topological polar surface area (TPSA) is 66.9 Å². The molecule has 0 aliphatic carbocycles. The molecule has 0 spiro atoms. The number of likely N-dealkylation sites (N-methyl/N-ethyl adjacent to an activating group) is 2. The van der Waals surface area contributed by atoms with Crippen LogP contribution in [0.15, 0.2) is 29.8 Å². The molecule has 0 bridgehead atoms. The van der Waals surface area contributed by atoms with Gasteiger partial charge in [-0.05, 0) is 23.8 Å². The molecule has 1 aliphatic heterocycles. The second-order valence-corrected chi connectivity index (χ2v) is 4.69. The summed E-state index contributed by atoms with van der Waals surface area (Å²) in [6.45, 7) is 0. The zero-order chi connectivity index (χ0) is 17.4. The molecule has 23 heavy (non-hydrogen) atoms. The van der Waals surface area contributed by atoms with Crippen LogP contribution in [0, 0.1) is 0 Å². The Morgan fingerprint density at radius 1 is 0.957 bits per heavy atom. The standard InChI is InChI=1S/C14H11F3N2O4/c1-18-11(20)10(12(21)19(2)13(18)22)7-8-3-5-9(6-4-8)23-14(15,16)17/h3-7H,1-2H3. The molecule has 1 heterocycles. The highest BCUT2D eigenvalue weighted by Gasteiger charge is 2.37. The molecule has 1 aromatic carbocycles. The number of hydrogen-bond donors (Lipinski definition) is 0. The van der Waals surface area contributed by atoms with E-state index in [0.29, 0.717) is 5.56 Å². The molecule has 122 valence electrons. The molecule has 2 rings (SSSR count). The molecule has 1 aromatic rings. The minimum atomic E-state index is -4.80. The van der Waals surface area contributed by atoms with Gasteiger partial charge in [0, 0.05) is 14.1 Å². The maximum atomic E-state index is 12.1. The Balaban J connectivity index is 2.28. The number of alkyl halides is 3. The van der Waals surface area contributed by atoms with E-state index in [1.54, 1.807) is 0 Å². The van der Waals surface area contributed by atoms with Gasteiger partial charge >= 0.3 is 12.4 Å². The number of benzene rings is 1. The van der Waals surface area contributed by atoms with Gasteiger partial charge in [0.2, 0.25) is 0 Å². The van der Waals surface area contributed by atoms with Crippen LogP contribution in [-0.4, -0.2) is 48.1 Å². The van der Waals surface area contributed by atoms with Gasteiger partial charge in [0.25, 0.3) is 11.8 Å². The molecule has 1 aliphatic rings. The first-order chi connectivity index (χ1) is 10.6. The Morgan fingerprint density at radius 3 is 1.87 bits per heavy atom. The van der Waals surface area contributed by atoms with E-state index in [0.717, 1.165) is 21.9 Å². The molecule has 6 nitrogen and oxygen atoms in total. The number of imide groups is 2. The van der Waals surface area contributed by atoms with Crippen LogP contribution in [0.3, 0.4) is 0 Å². The summed E-state index contributed by atoms with van der Waals surface area (Å²) in [5.74, 6) is -1.99. The summed E-state index contributed by atoms with van der Waals surface area (Å²) in [5.41, 5.74) is 0.0477. The summed E-state index contributed by atoms with van der Waals surface area (Å²) in [7, 11) is 2.45. The Labute approximate surface area is 128 Å². The van der Waals surface area contributed by atoms with Gasteiger partial charge in [0.15, 0.2) is 0 Å². The van der Waals surface area contributed by atoms with Gasteiger partial charge in [-0.2, -0.15) is 0 Å². The number of nitrogens with zero attached hydrogens (tertiary/aromatic N) is 2. The second kappa shape index (κ2) is 5.75. The molecule has 0 saturated carbocycles. The average molecular weight is 328 g/mol. The van der Waals surface area contributed by atoms with Crippen LogP contribution < -0.4 is 4.74 Å². The second-order valence-electron chi connectivity index (χ2n) is 4.69. The summed E-state index contributed by atoms with van der Waals surface area (Å²) >= 11 is 0. The molecule has 0 unspecified atom stereocenters. The van der Waals surface area contributed by atoms with Crippen LogP contribution >= 0.6 is 0 Å². The number of urea groups is 1. The first-order valence-electron chi connectivity index (χ1n) is 6.28. The molecule has 1 fully saturated rings. The molecule has 0 aromatic heterocycles. The highest BCUT2D eigenvalue weighted by Crippen LogP contribution is 2.24. The third kappa shape index (κ3) is 3.50. The van der Waals surface area contributed by atoms with Gasteiger partial charge in [-0.25, -0.2) is 4.79 Å². The Morgan fingerprint density at radius 2 is 1.43 bits per heavy atom. The van der Waals surface area contributed by atoms with Crippen LogP contribution in [0.4, 0.5) is 18.0 Å². The van der Waals surface area contributed by atoms with Crippen molar-refractivity contribution in [3.8, 4) is 5.75 Å². The van der Waals surface area contributed by atoms with Crippen LogP contribution in [0.1, 0.15) is 5.56 Å². The van der Waals surface area contributed by atoms with E-state index < -0.39 is 30.0 Å². The van der Waals surface area contributed by atoms with E-state index in [2.05, 4.69) is 4.74 Å². The predicted octanol–water partition coefficient (Wildman–Crippen LogP) is 2.02. The van der Waals surface area contributed by atoms with Crippen molar-refractivity contribution in [3.63, 3.8) is 0 Å². The minimum Gasteiger partial charge on any atom is -0.406 e. The fourth-order valence-electron chi connectivity index (χ4n) is 1.91. The smallest absolute Gasteiger partial charge is 0.406 e. The molecular weight excluding hydrogens is 317 g/mol. The van der Waals surface area contributed by atoms with E-state index in [1.165, 1.54) is 32.3 Å². The highest BCUT2D eigenvalue weighted by molar-refractivity contribution is 6.30. The molecule has 9 heteroatoms. The van der Waals surface area contributed by atoms with Crippen LogP contribution in [0.2, 0.25) is 0 Å². The molecule has 4 amide bonds. The van der Waals surface area contributed by atoms with Crippen molar-refractivity contribution in [2.24, 2.45) is 0 Å². The van der Waals surface area contributed by atoms with Crippen molar-refractivity contribution in [2.45, 2.75) is 6.36 Å². The summed E-state index contributed by atoms with van der Waals surface area (Å²) in [4.78, 5) is 37.1. The third-order valence-corrected chi connectivity index (χ3v) is 3.07. The number of amides is 4. The first kappa shape index (κ1) is 16.5. The van der Waals surface area contributed by atoms with Crippen LogP contribution in [-0.2, 0) is 9.59 Å². The summed E-state index contributed by atoms with van der Waals surface area (Å²) in [6.07, 6.45) is -3.61. The largest absolute Gasteiger partial charge is 0.573 e. The molecule has 0 radical (unpaired) electrons. The number of rotatable bonds is 2. The van der Waals surface area contributed by atoms with Crippen molar-refractivity contribution in [1.29, 1.82) is 0 Å². The lowest BCUT2D eigenvalue weighted by molar-refractivity contribution is -0.274. The number of carbonyl (C=O) groups is 3. The Hall–Kier alpha value is -2.84. The summed E-state index contributed by atoms with van der Waals surface area (Å²) in [6, 6.07) is 3.86. The Kier molecular flexibility index (Phi) is 4.13. The molecular formula is C14H11F3N2O4. The van der Waals surface area contributed by atoms with Gasteiger partial charge in [-0.3, -0.25) is 19.4 Å². The maximum absolute atomic E-state index is 12.1. The average Bonchev–Trinajstić information content (AvgIpc) is 2.48. The van der Waals surface area contributed by atoms with Gasteiger partial charge in [-0.15, -0.1) is 13.2 Å². The fourth-order valence-corrected chi connectivity index (χ4v) is 1.91. The monoisotopic (exact) mass is 328 g/mol. The first-order valence-corrected chi connectivity index (χ1v) is 6.28. The normalized spacial score (nSPS) is 16.0. The number of halogens is 3. The van der Waals surface area contributed by atoms with E-state index in [-0.39, 0.29) is 5.57 Å². The van der Waals surface area contributed by atoms with Crippen LogP contribution in [0.25, 0.3) is 6.08 Å². The number of hydrogen-bond acceptors (Lipinski definition) is 4. The molecule has 1 saturated heterocycles. The highest BCUT2D eigenvalue weighted by atomic mass is 19.4. The Bertz CT molecular complexity index is 669. The zero-order valence-corrected chi connectivity index (χ0v) is 12.0. The lowest BCUT2D eigenvalue weighted by atomic mass is 10.1. The summed E-state index contributed by atoms with van der Waals surface area (Å²) < 4.78 is 39.9. The van der Waals surface area contributed by atoms with E-state index in [1.807, 2.05) is 0 Å². The SMILES string of the molecule is CN1C(=O)C(=Cc2ccc(OC(F)(F)F)cc2)C(=O)N(C)C1=O. The van der Waals surface area contributed by atoms with Gasteiger partial charge in [-0.1, -0.05) is 12.1 Å². The predicted molar refractivity (Wildman–Crippen MR) is 72.0 cm³/mol. The van der Waals surface area contributed by atoms with E-state index >= 15 is 0 Å². The minimum absolute atomic E-state index is 0.265. The third-order valence-electron chi connectivity index (χ3n) is 3.07. The van der Waals surface area contributed by atoms with Crippen molar-refractivity contribution in [1.82, 2.24) is 9.80 Å². The number of carbonyl (C=O) groups excluding carboxylic acids is 3. The van der Waals surface area contributed by atoms with Crippen molar-refractivity contribution in [3.05, 3.63) is 35.4 Å². The molecule has 0 N–H and O–H groups in total. The lowest BCUT2D eigenvalue weighted by Crippen LogP contribution is -2.52. The van der Waals surface area contributed by atoms with Gasteiger partial charge in [0.05, 0.1) is 0 Å². The quantitative estimate of drug-likeness (QED) is 0.615. The molecule has 0 atom stereocenters. The number of barbiturate groups is 1. The van der Waals surface area contributed by atoms with E-state index in [9.17, 15) is 27.6 Å². The maximum Gasteiger partial charge on any atom is 0.573 e. The number of ether oxygens (including phenoxy) is 1. The van der Waals surface area contributed by atoms with Crippen LogP contribution in [0.5, 0.6) is 5.75 Å². The van der Waals surface area contributed by atoms with Gasteiger partial charge in [0.1, 0.15) is 11.3 Å². The lowest BCUT2D eigenvalue weighted by Gasteiger charge is -2.28. The van der Waals surface area contributed by atoms with E-state index in [4.69, 9.17) is 0 Å². The van der Waals surface area contributed by atoms with Crippen molar-refractivity contribution < 1.29 is 32.3 Å². The van der Waals surface area contributed by atoms with Crippen molar-refractivity contribution in [2.75, 3.05) is 14.1 Å². The summed E-state index contributed by atoms with van der Waals surface area (Å²) in [5, 5.41) is 0. The van der Waals surface area contributed by atoms with Crippen molar-refractivity contribution >= 4 is 23.9 Å². The fraction of sp³-hybridized carbons (Fsp3) is 0.214. The van der Waals surface area contributed by atoms with Gasteiger partial charge < -0.3 is 4.74 Å². The zero-order valence-electron chi connectivity index (χ0n) is 12.0.